The highest BCUT2D eigenvalue weighted by atomic mass is 16.1. The summed E-state index contributed by atoms with van der Waals surface area (Å²) in [5, 5.41) is 0. The molecule has 0 heterocycles. The highest BCUT2D eigenvalue weighted by Crippen LogP contribution is 2.13. The predicted octanol–water partition coefficient (Wildman–Crippen LogP) is 1.96. The fourth-order valence-corrected chi connectivity index (χ4v) is 1.00. The molecule has 1 aromatic rings. The third-order valence-electron chi connectivity index (χ3n) is 1.77. The number of benzene rings is 1. The highest BCUT2D eigenvalue weighted by molar-refractivity contribution is 5.94. The molecule has 64 valence electrons. The van der Waals surface area contributed by atoms with E-state index >= 15 is 0 Å². The summed E-state index contributed by atoms with van der Waals surface area (Å²) in [5.74, 6) is 0.110. The van der Waals surface area contributed by atoms with Crippen LogP contribution >= 0.6 is 0 Å². The largest absolute Gasteiger partial charge is 0.378 e. The molecule has 0 N–H and O–H groups in total. The Kier molecular flexibility index (Phi) is 2.48. The first-order chi connectivity index (χ1) is 5.61. The Morgan fingerprint density at radius 1 is 1.33 bits per heavy atom. The number of carbonyl (C=O) groups excluding carboxylic acids is 1. The summed E-state index contributed by atoms with van der Waals surface area (Å²) in [7, 11) is 3.92. The van der Waals surface area contributed by atoms with Crippen LogP contribution in [0, 0.1) is 0 Å². The number of anilines is 1. The van der Waals surface area contributed by atoms with Crippen molar-refractivity contribution in [1.29, 1.82) is 0 Å². The minimum absolute atomic E-state index is 0.110. The molecule has 2 heteroatoms. The van der Waals surface area contributed by atoms with Gasteiger partial charge in [0.2, 0.25) is 0 Å². The van der Waals surface area contributed by atoms with Crippen LogP contribution < -0.4 is 4.90 Å². The molecule has 0 spiro atoms. The molecule has 0 aliphatic rings. The van der Waals surface area contributed by atoms with Crippen molar-refractivity contribution in [2.75, 3.05) is 19.0 Å². The Balaban J connectivity index is 3.04. The molecule has 1 aromatic carbocycles. The van der Waals surface area contributed by atoms with E-state index in [9.17, 15) is 4.79 Å². The van der Waals surface area contributed by atoms with Crippen LogP contribution in [0.15, 0.2) is 24.3 Å². The van der Waals surface area contributed by atoms with Crippen LogP contribution in [-0.4, -0.2) is 19.9 Å². The molecule has 0 bridgehead atoms. The van der Waals surface area contributed by atoms with Crippen LogP contribution in [0.1, 0.15) is 17.3 Å². The van der Waals surface area contributed by atoms with Crippen LogP contribution in [0.5, 0.6) is 0 Å². The van der Waals surface area contributed by atoms with Crippen molar-refractivity contribution in [3.8, 4) is 0 Å². The monoisotopic (exact) mass is 163 g/mol. The number of hydrogen-bond donors (Lipinski definition) is 0. The zero-order valence-electron chi connectivity index (χ0n) is 7.66. The van der Waals surface area contributed by atoms with Crippen molar-refractivity contribution >= 4 is 11.5 Å². The van der Waals surface area contributed by atoms with Gasteiger partial charge in [-0.1, -0.05) is 12.1 Å². The third-order valence-corrected chi connectivity index (χ3v) is 1.77. The number of carbonyl (C=O) groups is 1. The molecule has 2 nitrogen and oxygen atoms in total. The van der Waals surface area contributed by atoms with E-state index in [1.165, 1.54) is 0 Å². The summed E-state index contributed by atoms with van der Waals surface area (Å²) < 4.78 is 0. The van der Waals surface area contributed by atoms with Crippen LogP contribution in [0.4, 0.5) is 5.69 Å². The molecule has 0 fully saturated rings. The number of nitrogens with zero attached hydrogens (tertiary/aromatic N) is 1. The quantitative estimate of drug-likeness (QED) is 0.621. The van der Waals surface area contributed by atoms with Crippen LogP contribution in [0.2, 0.25) is 0 Å². The van der Waals surface area contributed by atoms with Gasteiger partial charge in [-0.2, -0.15) is 0 Å². The van der Waals surface area contributed by atoms with Gasteiger partial charge < -0.3 is 4.90 Å². The maximum absolute atomic E-state index is 11.0. The summed E-state index contributed by atoms with van der Waals surface area (Å²) in [6.45, 7) is 1.58. The van der Waals surface area contributed by atoms with Crippen molar-refractivity contribution in [3.05, 3.63) is 29.8 Å². The van der Waals surface area contributed by atoms with Crippen molar-refractivity contribution in [3.63, 3.8) is 0 Å². The van der Waals surface area contributed by atoms with E-state index in [1.807, 2.05) is 43.3 Å². The topological polar surface area (TPSA) is 20.3 Å². The summed E-state index contributed by atoms with van der Waals surface area (Å²) >= 11 is 0. The number of ketones is 1. The summed E-state index contributed by atoms with van der Waals surface area (Å²) in [6.07, 6.45) is 0. The second-order valence-electron chi connectivity index (χ2n) is 3.00. The van der Waals surface area contributed by atoms with Gasteiger partial charge in [-0.25, -0.2) is 0 Å². The maximum atomic E-state index is 11.0. The lowest BCUT2D eigenvalue weighted by atomic mass is 10.1. The molecule has 0 unspecified atom stereocenters. The van der Waals surface area contributed by atoms with Gasteiger partial charge in [0.1, 0.15) is 0 Å². The maximum Gasteiger partial charge on any atom is 0.159 e. The first-order valence-electron chi connectivity index (χ1n) is 3.89. The summed E-state index contributed by atoms with van der Waals surface area (Å²) in [4.78, 5) is 13.0. The summed E-state index contributed by atoms with van der Waals surface area (Å²) in [6, 6.07) is 7.59. The highest BCUT2D eigenvalue weighted by Gasteiger charge is 2.00. The number of rotatable bonds is 2. The Hall–Kier alpha value is -1.31. The van der Waals surface area contributed by atoms with E-state index < -0.39 is 0 Å². The van der Waals surface area contributed by atoms with Crippen molar-refractivity contribution in [1.82, 2.24) is 0 Å². The van der Waals surface area contributed by atoms with Crippen LogP contribution in [0.3, 0.4) is 0 Å². The van der Waals surface area contributed by atoms with E-state index in [4.69, 9.17) is 0 Å². The lowest BCUT2D eigenvalue weighted by Crippen LogP contribution is -2.09. The minimum Gasteiger partial charge on any atom is -0.378 e. The first-order valence-corrected chi connectivity index (χ1v) is 3.89. The average Bonchev–Trinajstić information content (AvgIpc) is 2.04. The Morgan fingerprint density at radius 2 is 2.00 bits per heavy atom. The second kappa shape index (κ2) is 3.39. The zero-order valence-corrected chi connectivity index (χ0v) is 7.66. The standard InChI is InChI=1S/C10H13NO/c1-8(12)9-5-4-6-10(7-9)11(2)3/h4-7H,1-3H3. The molecule has 12 heavy (non-hydrogen) atoms. The smallest absolute Gasteiger partial charge is 0.159 e. The fourth-order valence-electron chi connectivity index (χ4n) is 1.00. The van der Waals surface area contributed by atoms with Crippen LogP contribution in [-0.2, 0) is 0 Å². The SMILES string of the molecule is CC(=O)c1cccc(N(C)C)c1. The van der Waals surface area contributed by atoms with E-state index in [0.717, 1.165) is 11.3 Å². The minimum atomic E-state index is 0.110. The second-order valence-corrected chi connectivity index (χ2v) is 3.00. The van der Waals surface area contributed by atoms with Gasteiger partial charge >= 0.3 is 0 Å². The predicted molar refractivity (Wildman–Crippen MR) is 50.8 cm³/mol. The van der Waals surface area contributed by atoms with Gasteiger partial charge in [-0.15, -0.1) is 0 Å². The molecule has 0 aromatic heterocycles. The van der Waals surface area contributed by atoms with E-state index in [0.29, 0.717) is 0 Å². The lowest BCUT2D eigenvalue weighted by molar-refractivity contribution is 0.101. The molecule has 0 saturated heterocycles. The zero-order chi connectivity index (χ0) is 9.14. The molecule has 0 saturated carbocycles. The lowest BCUT2D eigenvalue weighted by Gasteiger charge is -2.12. The van der Waals surface area contributed by atoms with Gasteiger partial charge in [0.15, 0.2) is 5.78 Å². The number of Topliss-reactive ketones (excluding diaryl/α,β-unsaturated/α-hetero) is 1. The molecular formula is C10H13NO. The van der Waals surface area contributed by atoms with Gasteiger partial charge in [0.05, 0.1) is 0 Å². The average molecular weight is 163 g/mol. The molecule has 0 aliphatic heterocycles. The van der Waals surface area contributed by atoms with Gasteiger partial charge in [0, 0.05) is 25.3 Å². The molecule has 0 aliphatic carbocycles. The van der Waals surface area contributed by atoms with E-state index in [2.05, 4.69) is 0 Å². The summed E-state index contributed by atoms with van der Waals surface area (Å²) in [5.41, 5.74) is 1.82. The van der Waals surface area contributed by atoms with Gasteiger partial charge in [-0.3, -0.25) is 4.79 Å². The molecule has 0 radical (unpaired) electrons. The van der Waals surface area contributed by atoms with Crippen LogP contribution in [0.25, 0.3) is 0 Å². The molecule has 0 amide bonds. The van der Waals surface area contributed by atoms with E-state index in [-0.39, 0.29) is 5.78 Å². The normalized spacial score (nSPS) is 9.58. The molecule has 0 atom stereocenters. The third kappa shape index (κ3) is 1.84. The van der Waals surface area contributed by atoms with Crippen molar-refractivity contribution < 1.29 is 4.79 Å². The first kappa shape index (κ1) is 8.78. The Bertz CT molecular complexity index is 292. The van der Waals surface area contributed by atoms with Crippen molar-refractivity contribution in [2.45, 2.75) is 6.92 Å². The van der Waals surface area contributed by atoms with E-state index in [1.54, 1.807) is 6.92 Å². The van der Waals surface area contributed by atoms with Crippen molar-refractivity contribution in [2.24, 2.45) is 0 Å². The fraction of sp³-hybridized carbons (Fsp3) is 0.300. The Morgan fingerprint density at radius 3 is 2.50 bits per heavy atom. The Labute approximate surface area is 72.8 Å². The molecular weight excluding hydrogens is 150 g/mol. The van der Waals surface area contributed by atoms with Gasteiger partial charge in [0.25, 0.3) is 0 Å². The number of hydrogen-bond acceptors (Lipinski definition) is 2. The molecule has 1 rings (SSSR count). The van der Waals surface area contributed by atoms with Gasteiger partial charge in [-0.05, 0) is 19.1 Å².